The number of aryl methyl sites for hydroxylation is 1. The van der Waals surface area contributed by atoms with Gasteiger partial charge in [-0.3, -0.25) is 4.79 Å². The van der Waals surface area contributed by atoms with Gasteiger partial charge in [0.25, 0.3) is 5.91 Å². The molecule has 1 N–H and O–H groups in total. The van der Waals surface area contributed by atoms with E-state index in [0.717, 1.165) is 11.1 Å². The van der Waals surface area contributed by atoms with E-state index in [-0.39, 0.29) is 12.2 Å². The number of hydrogen-bond donors (Lipinski definition) is 1. The zero-order valence-corrected chi connectivity index (χ0v) is 16.4. The second-order valence-electron chi connectivity index (χ2n) is 6.21. The summed E-state index contributed by atoms with van der Waals surface area (Å²) < 4.78 is 10.0. The quantitative estimate of drug-likeness (QED) is 0.320. The van der Waals surface area contributed by atoms with Gasteiger partial charge in [-0.05, 0) is 54.8 Å². The number of esters is 1. The van der Waals surface area contributed by atoms with E-state index in [2.05, 4.69) is 16.6 Å². The van der Waals surface area contributed by atoms with Crippen LogP contribution in [-0.2, 0) is 20.7 Å². The molecule has 29 heavy (non-hydrogen) atoms. The van der Waals surface area contributed by atoms with E-state index in [9.17, 15) is 14.9 Å². The Morgan fingerprint density at radius 3 is 2.55 bits per heavy atom. The Labute approximate surface area is 170 Å². The summed E-state index contributed by atoms with van der Waals surface area (Å²) in [5.41, 5.74) is 3.08. The number of nitrogens with zero attached hydrogens (tertiary/aromatic N) is 1. The van der Waals surface area contributed by atoms with Crippen molar-refractivity contribution in [1.82, 2.24) is 0 Å². The summed E-state index contributed by atoms with van der Waals surface area (Å²) in [7, 11) is 1.29. The number of ether oxygens (including phenoxy) is 2. The van der Waals surface area contributed by atoms with Crippen molar-refractivity contribution in [3.05, 3.63) is 77.4 Å². The lowest BCUT2D eigenvalue weighted by Crippen LogP contribution is -2.14. The van der Waals surface area contributed by atoms with Gasteiger partial charge in [-0.25, -0.2) is 4.79 Å². The molecule has 2 aromatic rings. The Kier molecular flexibility index (Phi) is 7.75. The van der Waals surface area contributed by atoms with Crippen molar-refractivity contribution in [1.29, 1.82) is 5.26 Å². The third kappa shape index (κ3) is 6.36. The highest BCUT2D eigenvalue weighted by atomic mass is 16.6. The summed E-state index contributed by atoms with van der Waals surface area (Å²) in [5.74, 6) is -0.472. The number of amides is 1. The number of allylic oxidation sites excluding steroid dienone is 1. The molecule has 0 aromatic heterocycles. The van der Waals surface area contributed by atoms with Crippen LogP contribution in [0, 0.1) is 18.3 Å². The lowest BCUT2D eigenvalue weighted by Gasteiger charge is -2.11. The van der Waals surface area contributed by atoms with Crippen LogP contribution in [0.3, 0.4) is 0 Å². The highest BCUT2D eigenvalue weighted by molar-refractivity contribution is 6.09. The van der Waals surface area contributed by atoms with Gasteiger partial charge in [-0.15, -0.1) is 6.58 Å². The number of anilines is 1. The molecular formula is C23H22N2O4. The summed E-state index contributed by atoms with van der Waals surface area (Å²) >= 11 is 0. The first-order valence-corrected chi connectivity index (χ1v) is 8.90. The predicted molar refractivity (Wildman–Crippen MR) is 111 cm³/mol. The molecule has 0 aliphatic rings. The molecule has 0 aliphatic heterocycles. The molecule has 6 nitrogen and oxygen atoms in total. The third-order valence-corrected chi connectivity index (χ3v) is 4.01. The van der Waals surface area contributed by atoms with Crippen molar-refractivity contribution in [3.63, 3.8) is 0 Å². The summed E-state index contributed by atoms with van der Waals surface area (Å²) in [4.78, 5) is 23.7. The van der Waals surface area contributed by atoms with E-state index < -0.39 is 11.9 Å². The van der Waals surface area contributed by atoms with Gasteiger partial charge in [0.05, 0.1) is 7.11 Å². The van der Waals surface area contributed by atoms with Crippen LogP contribution in [-0.4, -0.2) is 25.6 Å². The molecule has 2 rings (SSSR count). The second kappa shape index (κ2) is 10.5. The van der Waals surface area contributed by atoms with Crippen molar-refractivity contribution in [2.75, 3.05) is 19.0 Å². The number of nitrogens with one attached hydrogen (secondary N) is 1. The minimum atomic E-state index is -0.493. The molecule has 0 radical (unpaired) electrons. The molecule has 0 aliphatic carbocycles. The van der Waals surface area contributed by atoms with Gasteiger partial charge >= 0.3 is 5.97 Å². The number of carbonyl (C=O) groups is 2. The number of rotatable bonds is 8. The third-order valence-electron chi connectivity index (χ3n) is 4.01. The van der Waals surface area contributed by atoms with Crippen LogP contribution in [0.15, 0.2) is 60.7 Å². The van der Waals surface area contributed by atoms with Crippen LogP contribution in [0.5, 0.6) is 5.75 Å². The zero-order valence-electron chi connectivity index (χ0n) is 16.4. The molecule has 0 spiro atoms. The largest absolute Gasteiger partial charge is 0.482 e. The fourth-order valence-corrected chi connectivity index (χ4v) is 2.49. The molecule has 2 aromatic carbocycles. The molecule has 0 saturated heterocycles. The highest BCUT2D eigenvalue weighted by Crippen LogP contribution is 2.23. The van der Waals surface area contributed by atoms with E-state index in [0.29, 0.717) is 23.4 Å². The number of hydrogen-bond acceptors (Lipinski definition) is 5. The number of carbonyl (C=O) groups excluding carboxylic acids is 2. The Morgan fingerprint density at radius 1 is 1.21 bits per heavy atom. The molecule has 1 amide bonds. The van der Waals surface area contributed by atoms with Crippen molar-refractivity contribution >= 4 is 23.6 Å². The molecule has 0 atom stereocenters. The summed E-state index contributed by atoms with van der Waals surface area (Å²) in [6, 6.07) is 14.4. The SMILES string of the molecule is C=CCc1cc(/C=C(/C#N)C(=O)Nc2ccc(C)cc2)ccc1OCC(=O)OC. The van der Waals surface area contributed by atoms with Crippen LogP contribution in [0.4, 0.5) is 5.69 Å². The molecule has 148 valence electrons. The fraction of sp³-hybridized carbons (Fsp3) is 0.174. The van der Waals surface area contributed by atoms with Gasteiger partial charge in [0.1, 0.15) is 17.4 Å². The molecule has 0 heterocycles. The molecule has 0 bridgehead atoms. The Hall–Kier alpha value is -3.85. The summed E-state index contributed by atoms with van der Waals surface area (Å²) in [6.45, 7) is 5.46. The maximum absolute atomic E-state index is 12.4. The van der Waals surface area contributed by atoms with Crippen LogP contribution < -0.4 is 10.1 Å². The first-order valence-electron chi connectivity index (χ1n) is 8.90. The van der Waals surface area contributed by atoms with E-state index in [4.69, 9.17) is 4.74 Å². The average Bonchev–Trinajstić information content (AvgIpc) is 2.72. The van der Waals surface area contributed by atoms with Gasteiger partial charge in [-0.1, -0.05) is 29.8 Å². The molecule has 0 fully saturated rings. The molecular weight excluding hydrogens is 368 g/mol. The summed E-state index contributed by atoms with van der Waals surface area (Å²) in [6.07, 6.45) is 3.69. The topological polar surface area (TPSA) is 88.4 Å². The van der Waals surface area contributed by atoms with Gasteiger partial charge in [0.15, 0.2) is 6.61 Å². The van der Waals surface area contributed by atoms with Crippen molar-refractivity contribution in [3.8, 4) is 11.8 Å². The monoisotopic (exact) mass is 390 g/mol. The van der Waals surface area contributed by atoms with Crippen LogP contribution >= 0.6 is 0 Å². The number of nitriles is 1. The summed E-state index contributed by atoms with van der Waals surface area (Å²) in [5, 5.41) is 12.1. The van der Waals surface area contributed by atoms with E-state index >= 15 is 0 Å². The lowest BCUT2D eigenvalue weighted by molar-refractivity contribution is -0.142. The Morgan fingerprint density at radius 2 is 1.93 bits per heavy atom. The van der Waals surface area contributed by atoms with Crippen molar-refractivity contribution in [2.24, 2.45) is 0 Å². The standard InChI is InChI=1S/C23H22N2O4/c1-4-5-18-12-17(8-11-21(18)29-15-22(26)28-3)13-19(14-24)23(27)25-20-9-6-16(2)7-10-20/h4,6-13H,1,5,15H2,2-3H3,(H,25,27)/b19-13-. The minimum absolute atomic E-state index is 0.0293. The Balaban J connectivity index is 2.22. The van der Waals surface area contributed by atoms with Crippen molar-refractivity contribution in [2.45, 2.75) is 13.3 Å². The van der Waals surface area contributed by atoms with Crippen molar-refractivity contribution < 1.29 is 19.1 Å². The maximum atomic E-state index is 12.4. The lowest BCUT2D eigenvalue weighted by atomic mass is 10.0. The van der Waals surface area contributed by atoms with E-state index in [1.54, 1.807) is 36.4 Å². The smallest absolute Gasteiger partial charge is 0.343 e. The molecule has 6 heteroatoms. The van der Waals surface area contributed by atoms with E-state index in [1.807, 2.05) is 25.1 Å². The van der Waals surface area contributed by atoms with Crippen LogP contribution in [0.25, 0.3) is 6.08 Å². The first-order chi connectivity index (χ1) is 14.0. The highest BCUT2D eigenvalue weighted by Gasteiger charge is 2.11. The molecule has 0 unspecified atom stereocenters. The first kappa shape index (κ1) is 21.5. The Bertz CT molecular complexity index is 969. The van der Waals surface area contributed by atoms with E-state index in [1.165, 1.54) is 13.2 Å². The van der Waals surface area contributed by atoms with Gasteiger partial charge < -0.3 is 14.8 Å². The fourth-order valence-electron chi connectivity index (χ4n) is 2.49. The maximum Gasteiger partial charge on any atom is 0.343 e. The number of methoxy groups -OCH3 is 1. The predicted octanol–water partition coefficient (Wildman–Crippen LogP) is 3.82. The van der Waals surface area contributed by atoms with Crippen LogP contribution in [0.2, 0.25) is 0 Å². The minimum Gasteiger partial charge on any atom is -0.482 e. The normalized spacial score (nSPS) is 10.6. The number of benzene rings is 2. The van der Waals surface area contributed by atoms with Gasteiger partial charge in [-0.2, -0.15) is 5.26 Å². The zero-order chi connectivity index (χ0) is 21.2. The van der Waals surface area contributed by atoms with Gasteiger partial charge in [0.2, 0.25) is 0 Å². The van der Waals surface area contributed by atoms with Crippen LogP contribution in [0.1, 0.15) is 16.7 Å². The molecule has 0 saturated carbocycles. The average molecular weight is 390 g/mol. The second-order valence-corrected chi connectivity index (χ2v) is 6.21. The van der Waals surface area contributed by atoms with Gasteiger partial charge in [0, 0.05) is 5.69 Å².